The molecule has 10 heteroatoms. The number of rotatable bonds is 13. The molecule has 1 atom stereocenters. The molecular weight excluding hydrogens is 566 g/mol. The number of sulfonamides is 1. The molecule has 0 radical (unpaired) electrons. The minimum atomic E-state index is -3.65. The van der Waals surface area contributed by atoms with Gasteiger partial charge >= 0.3 is 0 Å². The second-order valence-electron chi connectivity index (χ2n) is 11.1. The second kappa shape index (κ2) is 14.4. The zero-order valence-electron chi connectivity index (χ0n) is 25.3. The van der Waals surface area contributed by atoms with Crippen molar-refractivity contribution < 1.29 is 27.5 Å². The van der Waals surface area contributed by atoms with Crippen LogP contribution in [0.3, 0.4) is 0 Å². The number of aryl methyl sites for hydroxylation is 1. The zero-order valence-corrected chi connectivity index (χ0v) is 26.1. The third-order valence-corrected chi connectivity index (χ3v) is 8.34. The third-order valence-electron chi connectivity index (χ3n) is 7.14. The number of hydrogen-bond acceptors (Lipinski definition) is 6. The number of ether oxygens (including phenoxy) is 2. The van der Waals surface area contributed by atoms with Gasteiger partial charge in [-0.05, 0) is 50.5 Å². The SMILES string of the molecule is Cc1ccc(CN(C(=O)CCCN(c2ccc3c(c2)OCCO3)S(C)(=O)=O)C(Cc2ccccc2)C(=O)NC(C)C)cc1. The Morgan fingerprint density at radius 3 is 2.23 bits per heavy atom. The highest BCUT2D eigenvalue weighted by molar-refractivity contribution is 7.92. The first kappa shape index (κ1) is 31.9. The average Bonchev–Trinajstić information content (AvgIpc) is 2.97. The van der Waals surface area contributed by atoms with Crippen LogP contribution in [-0.4, -0.2) is 63.2 Å². The van der Waals surface area contributed by atoms with E-state index in [4.69, 9.17) is 9.47 Å². The van der Waals surface area contributed by atoms with Crippen molar-refractivity contribution in [3.05, 3.63) is 89.5 Å². The Labute approximate surface area is 254 Å². The Morgan fingerprint density at radius 1 is 0.907 bits per heavy atom. The lowest BCUT2D eigenvalue weighted by Gasteiger charge is -2.32. The highest BCUT2D eigenvalue weighted by Crippen LogP contribution is 2.34. The van der Waals surface area contributed by atoms with Gasteiger partial charge in [0.15, 0.2) is 11.5 Å². The molecule has 3 aromatic carbocycles. The van der Waals surface area contributed by atoms with Crippen LogP contribution >= 0.6 is 0 Å². The van der Waals surface area contributed by atoms with Gasteiger partial charge in [0.2, 0.25) is 21.8 Å². The van der Waals surface area contributed by atoms with Crippen LogP contribution in [0.5, 0.6) is 11.5 Å². The molecule has 4 rings (SSSR count). The molecule has 0 aliphatic carbocycles. The van der Waals surface area contributed by atoms with E-state index >= 15 is 0 Å². The van der Waals surface area contributed by atoms with Crippen molar-refractivity contribution in [1.29, 1.82) is 0 Å². The Bertz CT molecular complexity index is 1490. The number of hydrogen-bond donors (Lipinski definition) is 1. The fourth-order valence-electron chi connectivity index (χ4n) is 5.02. The summed E-state index contributed by atoms with van der Waals surface area (Å²) in [4.78, 5) is 29.1. The predicted octanol–water partition coefficient (Wildman–Crippen LogP) is 4.48. The Kier molecular flexibility index (Phi) is 10.7. The highest BCUT2D eigenvalue weighted by Gasteiger charge is 2.31. The van der Waals surface area contributed by atoms with Crippen LogP contribution in [0.2, 0.25) is 0 Å². The quantitative estimate of drug-likeness (QED) is 0.307. The maximum absolute atomic E-state index is 13.9. The topological polar surface area (TPSA) is 105 Å². The predicted molar refractivity (Wildman–Crippen MR) is 168 cm³/mol. The normalized spacial score (nSPS) is 13.3. The maximum atomic E-state index is 13.9. The van der Waals surface area contributed by atoms with E-state index in [2.05, 4.69) is 5.32 Å². The number of benzene rings is 3. The number of anilines is 1. The molecule has 1 N–H and O–H groups in total. The largest absolute Gasteiger partial charge is 0.486 e. The van der Waals surface area contributed by atoms with Crippen molar-refractivity contribution >= 4 is 27.5 Å². The molecule has 1 heterocycles. The number of carbonyl (C=O) groups is 2. The van der Waals surface area contributed by atoms with Gasteiger partial charge in [-0.1, -0.05) is 60.2 Å². The van der Waals surface area contributed by atoms with E-state index in [-0.39, 0.29) is 43.8 Å². The van der Waals surface area contributed by atoms with Crippen LogP contribution in [0.1, 0.15) is 43.4 Å². The van der Waals surface area contributed by atoms with E-state index in [0.29, 0.717) is 36.8 Å². The molecule has 1 aliphatic rings. The number of fused-ring (bicyclic) bond motifs is 1. The van der Waals surface area contributed by atoms with E-state index in [9.17, 15) is 18.0 Å². The van der Waals surface area contributed by atoms with Crippen molar-refractivity contribution in [2.45, 2.75) is 58.7 Å². The van der Waals surface area contributed by atoms with Gasteiger partial charge in [-0.15, -0.1) is 0 Å². The van der Waals surface area contributed by atoms with Gasteiger partial charge in [-0.3, -0.25) is 13.9 Å². The number of carbonyl (C=O) groups excluding carboxylic acids is 2. The molecule has 1 unspecified atom stereocenters. The van der Waals surface area contributed by atoms with Gasteiger partial charge < -0.3 is 19.7 Å². The van der Waals surface area contributed by atoms with E-state index in [0.717, 1.165) is 22.9 Å². The fraction of sp³-hybridized carbons (Fsp3) is 0.394. The van der Waals surface area contributed by atoms with Crippen LogP contribution in [0.4, 0.5) is 5.69 Å². The zero-order chi connectivity index (χ0) is 31.0. The van der Waals surface area contributed by atoms with Gasteiger partial charge in [0.25, 0.3) is 0 Å². The van der Waals surface area contributed by atoms with E-state index < -0.39 is 16.1 Å². The van der Waals surface area contributed by atoms with Gasteiger partial charge in [0.1, 0.15) is 19.3 Å². The van der Waals surface area contributed by atoms with E-state index in [1.165, 1.54) is 4.31 Å². The van der Waals surface area contributed by atoms with Crippen LogP contribution < -0.4 is 19.1 Å². The summed E-state index contributed by atoms with van der Waals surface area (Å²) in [5.74, 6) is 0.594. The van der Waals surface area contributed by atoms with Gasteiger partial charge in [-0.25, -0.2) is 8.42 Å². The lowest BCUT2D eigenvalue weighted by molar-refractivity contribution is -0.141. The Morgan fingerprint density at radius 2 is 1.58 bits per heavy atom. The number of nitrogens with one attached hydrogen (secondary N) is 1. The van der Waals surface area contributed by atoms with Crippen molar-refractivity contribution in [3.63, 3.8) is 0 Å². The van der Waals surface area contributed by atoms with E-state index in [1.54, 1.807) is 23.1 Å². The van der Waals surface area contributed by atoms with Crippen molar-refractivity contribution in [1.82, 2.24) is 10.2 Å². The molecule has 2 amide bonds. The monoisotopic (exact) mass is 607 g/mol. The van der Waals surface area contributed by atoms with Crippen molar-refractivity contribution in [2.24, 2.45) is 0 Å². The summed E-state index contributed by atoms with van der Waals surface area (Å²) < 4.78 is 38.1. The smallest absolute Gasteiger partial charge is 0.243 e. The van der Waals surface area contributed by atoms with Crippen LogP contribution in [0.25, 0.3) is 0 Å². The summed E-state index contributed by atoms with van der Waals surface area (Å²) in [5, 5.41) is 2.99. The molecule has 0 saturated heterocycles. The van der Waals surface area contributed by atoms with Gasteiger partial charge in [-0.2, -0.15) is 0 Å². The maximum Gasteiger partial charge on any atom is 0.243 e. The lowest BCUT2D eigenvalue weighted by Crippen LogP contribution is -2.51. The first-order valence-corrected chi connectivity index (χ1v) is 16.4. The van der Waals surface area contributed by atoms with Crippen LogP contribution in [0, 0.1) is 6.92 Å². The standard InChI is InChI=1S/C33H41N3O6S/c1-24(2)34-33(38)29(21-26-9-6-5-7-10-26)35(23-27-14-12-25(3)13-15-27)32(37)11-8-18-36(43(4,39)40)28-16-17-30-31(22-28)42-20-19-41-30/h5-7,9-10,12-17,22,24,29H,8,11,18-21,23H2,1-4H3,(H,34,38). The first-order valence-electron chi connectivity index (χ1n) is 14.6. The molecule has 0 spiro atoms. The first-order chi connectivity index (χ1) is 20.5. The fourth-order valence-corrected chi connectivity index (χ4v) is 5.97. The average molecular weight is 608 g/mol. The second-order valence-corrected chi connectivity index (χ2v) is 13.0. The Balaban J connectivity index is 1.57. The molecule has 9 nitrogen and oxygen atoms in total. The van der Waals surface area contributed by atoms with Gasteiger partial charge in [0, 0.05) is 38.0 Å². The van der Waals surface area contributed by atoms with Crippen LogP contribution in [-0.2, 0) is 32.6 Å². The van der Waals surface area contributed by atoms with Crippen LogP contribution in [0.15, 0.2) is 72.8 Å². The number of amides is 2. The van der Waals surface area contributed by atoms with Gasteiger partial charge in [0.05, 0.1) is 11.9 Å². The lowest BCUT2D eigenvalue weighted by atomic mass is 10.0. The number of nitrogens with zero attached hydrogens (tertiary/aromatic N) is 2. The summed E-state index contributed by atoms with van der Waals surface area (Å²) in [7, 11) is -3.65. The summed E-state index contributed by atoms with van der Waals surface area (Å²) in [6, 6.07) is 21.7. The summed E-state index contributed by atoms with van der Waals surface area (Å²) in [6.45, 7) is 6.93. The van der Waals surface area contributed by atoms with Crippen molar-refractivity contribution in [3.8, 4) is 11.5 Å². The summed E-state index contributed by atoms with van der Waals surface area (Å²) in [5.41, 5.74) is 3.38. The highest BCUT2D eigenvalue weighted by atomic mass is 32.2. The molecule has 0 aromatic heterocycles. The summed E-state index contributed by atoms with van der Waals surface area (Å²) >= 11 is 0. The molecule has 230 valence electrons. The molecule has 0 bridgehead atoms. The Hall–Kier alpha value is -4.05. The molecule has 1 aliphatic heterocycles. The molecule has 43 heavy (non-hydrogen) atoms. The summed E-state index contributed by atoms with van der Waals surface area (Å²) in [6.07, 6.45) is 1.81. The minimum Gasteiger partial charge on any atom is -0.486 e. The molecule has 0 saturated carbocycles. The van der Waals surface area contributed by atoms with E-state index in [1.807, 2.05) is 75.4 Å². The third kappa shape index (κ3) is 8.97. The molecule has 0 fully saturated rings. The molecule has 3 aromatic rings. The molecular formula is C33H41N3O6S. The van der Waals surface area contributed by atoms with Crippen molar-refractivity contribution in [2.75, 3.05) is 30.3 Å². The minimum absolute atomic E-state index is 0.0582.